The van der Waals surface area contributed by atoms with E-state index in [-0.39, 0.29) is 28.4 Å². The van der Waals surface area contributed by atoms with Crippen LogP contribution in [0.1, 0.15) is 61.3 Å². The molecule has 2 heterocycles. The molecule has 2 fully saturated rings. The smallest absolute Gasteiger partial charge is 0.403 e. The van der Waals surface area contributed by atoms with E-state index in [0.29, 0.717) is 19.0 Å². The van der Waals surface area contributed by atoms with E-state index in [9.17, 15) is 4.21 Å². The van der Waals surface area contributed by atoms with Crippen LogP contribution in [0.3, 0.4) is 0 Å². The zero-order valence-electron chi connectivity index (χ0n) is 15.2. The molecule has 2 saturated heterocycles. The largest absolute Gasteiger partial charge is 0.465 e. The first-order valence-electron chi connectivity index (χ1n) is 8.22. The van der Waals surface area contributed by atoms with Gasteiger partial charge in [0.2, 0.25) is 0 Å². The van der Waals surface area contributed by atoms with E-state index >= 15 is 0 Å². The molecule has 0 saturated carbocycles. The molecule has 0 radical (unpaired) electrons. The Morgan fingerprint density at radius 2 is 1.45 bits per heavy atom. The third kappa shape index (κ3) is 3.45. The third-order valence-corrected chi connectivity index (χ3v) is 7.55. The first kappa shape index (κ1) is 18.4. The summed E-state index contributed by atoms with van der Waals surface area (Å²) in [4.78, 5) is 0. The topological polar surface area (TPSA) is 44.8 Å². The predicted molar refractivity (Wildman–Crippen MR) is 91.6 cm³/mol. The predicted octanol–water partition coefficient (Wildman–Crippen LogP) is 3.18. The average Bonchev–Trinajstić information content (AvgIpc) is 2.59. The Morgan fingerprint density at radius 1 is 1.00 bits per heavy atom. The highest BCUT2D eigenvalue weighted by molar-refractivity contribution is 7.86. The molecule has 4 nitrogen and oxygen atoms in total. The van der Waals surface area contributed by atoms with Crippen LogP contribution in [-0.4, -0.2) is 46.2 Å². The van der Waals surface area contributed by atoms with Crippen molar-refractivity contribution in [3.8, 4) is 0 Å². The molecule has 0 aliphatic carbocycles. The molecule has 22 heavy (non-hydrogen) atoms. The fourth-order valence-corrected chi connectivity index (χ4v) is 4.18. The summed E-state index contributed by atoms with van der Waals surface area (Å²) in [6.07, 6.45) is 1.68. The van der Waals surface area contributed by atoms with Crippen molar-refractivity contribution in [1.29, 1.82) is 0 Å². The number of ether oxygens (including phenoxy) is 1. The normalized spacial score (nSPS) is 28.6. The van der Waals surface area contributed by atoms with Crippen LogP contribution in [0.25, 0.3) is 0 Å². The van der Waals surface area contributed by atoms with Gasteiger partial charge >= 0.3 is 7.12 Å². The Balaban J connectivity index is 2.26. The molecule has 2 aliphatic heterocycles. The van der Waals surface area contributed by atoms with Crippen LogP contribution in [0, 0.1) is 0 Å². The summed E-state index contributed by atoms with van der Waals surface area (Å²) >= 11 is 0. The van der Waals surface area contributed by atoms with Crippen molar-refractivity contribution in [2.24, 2.45) is 0 Å². The maximum absolute atomic E-state index is 12.8. The molecule has 0 bridgehead atoms. The molecule has 0 spiro atoms. The summed E-state index contributed by atoms with van der Waals surface area (Å²) in [6.45, 7) is 15.7. The van der Waals surface area contributed by atoms with Gasteiger partial charge in [0.25, 0.3) is 0 Å². The molecule has 0 aromatic carbocycles. The summed E-state index contributed by atoms with van der Waals surface area (Å²) in [7, 11) is -1.25. The van der Waals surface area contributed by atoms with Gasteiger partial charge in [-0.1, -0.05) is 0 Å². The van der Waals surface area contributed by atoms with Crippen LogP contribution in [-0.2, 0) is 24.8 Å². The van der Waals surface area contributed by atoms with E-state index in [4.69, 9.17) is 14.0 Å². The summed E-state index contributed by atoms with van der Waals surface area (Å²) < 4.78 is 30.7. The first-order valence-corrected chi connectivity index (χ1v) is 9.53. The van der Waals surface area contributed by atoms with Gasteiger partial charge in [0.1, 0.15) is 0 Å². The van der Waals surface area contributed by atoms with Crippen LogP contribution >= 0.6 is 0 Å². The van der Waals surface area contributed by atoms with Gasteiger partial charge in [-0.15, -0.1) is 0 Å². The van der Waals surface area contributed by atoms with E-state index in [1.807, 2.05) is 20.8 Å². The Morgan fingerprint density at radius 3 is 1.86 bits per heavy atom. The lowest BCUT2D eigenvalue weighted by Crippen LogP contribution is -2.45. The number of hydrogen-bond donors (Lipinski definition) is 0. The summed E-state index contributed by atoms with van der Waals surface area (Å²) in [5.41, 5.74) is -0.710. The van der Waals surface area contributed by atoms with E-state index in [1.165, 1.54) is 0 Å². The minimum absolute atomic E-state index is 0.221. The van der Waals surface area contributed by atoms with Crippen molar-refractivity contribution in [2.75, 3.05) is 19.0 Å². The zero-order chi connectivity index (χ0) is 16.8. The molecule has 0 aromatic heterocycles. The molecule has 0 amide bonds. The molecule has 6 heteroatoms. The van der Waals surface area contributed by atoms with Gasteiger partial charge in [-0.3, -0.25) is 4.21 Å². The molecular formula is C16H31BO4S. The molecule has 2 aliphatic rings. The van der Waals surface area contributed by atoms with E-state index in [2.05, 4.69) is 27.7 Å². The molecule has 1 unspecified atom stereocenters. The highest BCUT2D eigenvalue weighted by atomic mass is 32.2. The minimum atomic E-state index is -0.935. The minimum Gasteiger partial charge on any atom is -0.403 e. The molecule has 0 aromatic rings. The second kappa shape index (κ2) is 5.87. The van der Waals surface area contributed by atoms with Gasteiger partial charge in [-0.05, 0) is 61.3 Å². The summed E-state index contributed by atoms with van der Waals surface area (Å²) in [6, 6.07) is 0. The van der Waals surface area contributed by atoms with Crippen LogP contribution in [0.4, 0.5) is 0 Å². The standard InChI is InChI=1S/C16H31BO4S/c1-13(2,3)22(18)12-16(8-10-19-11-9-16)17-20-14(4,5)15(6,7)21-17/h8-12H2,1-7H3. The van der Waals surface area contributed by atoms with Crippen molar-refractivity contribution < 1.29 is 18.3 Å². The Hall–Kier alpha value is 0.0949. The SMILES string of the molecule is CC(C)(C)S(=O)CC1(B2OC(C)(C)C(C)(C)O2)CCOCC1. The summed E-state index contributed by atoms with van der Waals surface area (Å²) in [5.74, 6) is 0.608. The van der Waals surface area contributed by atoms with E-state index in [0.717, 1.165) is 12.8 Å². The highest BCUT2D eigenvalue weighted by Crippen LogP contribution is 2.51. The van der Waals surface area contributed by atoms with Crippen LogP contribution < -0.4 is 0 Å². The van der Waals surface area contributed by atoms with Gasteiger partial charge in [0.15, 0.2) is 0 Å². The van der Waals surface area contributed by atoms with Gasteiger partial charge in [-0.25, -0.2) is 0 Å². The second-order valence-corrected chi connectivity index (χ2v) is 10.9. The molecule has 0 N–H and O–H groups in total. The number of rotatable bonds is 3. The monoisotopic (exact) mass is 330 g/mol. The van der Waals surface area contributed by atoms with Crippen molar-refractivity contribution in [2.45, 2.75) is 82.6 Å². The first-order chi connectivity index (χ1) is 9.90. The maximum atomic E-state index is 12.8. The van der Waals surface area contributed by atoms with Crippen LogP contribution in [0.15, 0.2) is 0 Å². The van der Waals surface area contributed by atoms with E-state index in [1.54, 1.807) is 0 Å². The van der Waals surface area contributed by atoms with Crippen LogP contribution in [0.5, 0.6) is 0 Å². The molecule has 128 valence electrons. The Bertz CT molecular complexity index is 420. The van der Waals surface area contributed by atoms with Gasteiger partial charge in [0.05, 0.1) is 11.2 Å². The lowest BCUT2D eigenvalue weighted by molar-refractivity contribution is 0.00578. The van der Waals surface area contributed by atoms with Crippen LogP contribution in [0.2, 0.25) is 5.31 Å². The zero-order valence-corrected chi connectivity index (χ0v) is 16.0. The fourth-order valence-electron chi connectivity index (χ4n) is 2.80. The highest BCUT2D eigenvalue weighted by Gasteiger charge is 2.60. The van der Waals surface area contributed by atoms with E-state index < -0.39 is 10.8 Å². The number of hydrogen-bond acceptors (Lipinski definition) is 4. The Labute approximate surface area is 138 Å². The van der Waals surface area contributed by atoms with Gasteiger partial charge in [-0.2, -0.15) is 0 Å². The third-order valence-electron chi connectivity index (χ3n) is 5.34. The molecule has 2 rings (SSSR count). The van der Waals surface area contributed by atoms with Gasteiger partial charge in [0, 0.05) is 39.8 Å². The summed E-state index contributed by atoms with van der Waals surface area (Å²) in [5, 5.41) is -0.221. The molecule has 1 atom stereocenters. The van der Waals surface area contributed by atoms with Crippen molar-refractivity contribution in [3.63, 3.8) is 0 Å². The lowest BCUT2D eigenvalue weighted by Gasteiger charge is -2.39. The van der Waals surface area contributed by atoms with Crippen molar-refractivity contribution in [3.05, 3.63) is 0 Å². The lowest BCUT2D eigenvalue weighted by atomic mass is 9.54. The average molecular weight is 330 g/mol. The quantitative estimate of drug-likeness (QED) is 0.746. The fraction of sp³-hybridized carbons (Fsp3) is 1.00. The van der Waals surface area contributed by atoms with Crippen molar-refractivity contribution in [1.82, 2.24) is 0 Å². The van der Waals surface area contributed by atoms with Gasteiger partial charge < -0.3 is 14.0 Å². The molecular weight excluding hydrogens is 299 g/mol. The van der Waals surface area contributed by atoms with Crippen molar-refractivity contribution >= 4 is 17.9 Å². The maximum Gasteiger partial charge on any atom is 0.465 e. The Kier molecular flexibility index (Phi) is 4.92. The second-order valence-electron chi connectivity index (χ2n) is 8.67.